The van der Waals surface area contributed by atoms with Gasteiger partial charge >= 0.3 is 0 Å². The van der Waals surface area contributed by atoms with Gasteiger partial charge in [-0.3, -0.25) is 0 Å². The first-order valence-electron chi connectivity index (χ1n) is 5.13. The minimum Gasteiger partial charge on any atom is -0.368 e. The standard InChI is InChI=1S/C9H17N5/c1-6(2)7-4-3-5-14(7)9-11-8(10)12-13-9/h6-7H,3-5H2,1-2H3,(H3,10,11,12,13). The average molecular weight is 195 g/mol. The molecule has 1 fully saturated rings. The molecule has 5 nitrogen and oxygen atoms in total. The molecule has 1 aliphatic rings. The number of hydrogen-bond acceptors (Lipinski definition) is 4. The van der Waals surface area contributed by atoms with Crippen molar-refractivity contribution in [3.8, 4) is 0 Å². The number of aromatic amines is 1. The lowest BCUT2D eigenvalue weighted by Gasteiger charge is -2.26. The molecule has 0 spiro atoms. The van der Waals surface area contributed by atoms with Crippen LogP contribution in [0.25, 0.3) is 0 Å². The van der Waals surface area contributed by atoms with Crippen LogP contribution in [0, 0.1) is 5.92 Å². The molecule has 5 heteroatoms. The fourth-order valence-electron chi connectivity index (χ4n) is 2.13. The molecule has 1 unspecified atom stereocenters. The van der Waals surface area contributed by atoms with Gasteiger partial charge < -0.3 is 10.6 Å². The van der Waals surface area contributed by atoms with E-state index in [1.165, 1.54) is 12.8 Å². The Balaban J connectivity index is 2.17. The maximum absolute atomic E-state index is 5.51. The summed E-state index contributed by atoms with van der Waals surface area (Å²) in [5.74, 6) is 1.78. The predicted octanol–water partition coefficient (Wildman–Crippen LogP) is 1.01. The lowest BCUT2D eigenvalue weighted by Crippen LogP contribution is -2.34. The molecule has 0 aliphatic carbocycles. The SMILES string of the molecule is CC(C)C1CCCN1c1n[nH]c(N)n1. The summed E-state index contributed by atoms with van der Waals surface area (Å²) >= 11 is 0. The van der Waals surface area contributed by atoms with Crippen molar-refractivity contribution in [2.24, 2.45) is 5.92 Å². The zero-order valence-corrected chi connectivity index (χ0v) is 8.70. The van der Waals surface area contributed by atoms with Crippen molar-refractivity contribution in [1.82, 2.24) is 15.2 Å². The molecule has 0 aromatic carbocycles. The Morgan fingerprint density at radius 1 is 1.57 bits per heavy atom. The molecule has 2 heterocycles. The van der Waals surface area contributed by atoms with Gasteiger partial charge in [0.05, 0.1) is 0 Å². The molecule has 1 aliphatic heterocycles. The first-order chi connectivity index (χ1) is 6.68. The minimum absolute atomic E-state index is 0.398. The molecule has 1 atom stereocenters. The summed E-state index contributed by atoms with van der Waals surface area (Å²) < 4.78 is 0. The number of nitrogen functional groups attached to an aromatic ring is 1. The van der Waals surface area contributed by atoms with Crippen LogP contribution in [-0.2, 0) is 0 Å². The molecule has 0 amide bonds. The van der Waals surface area contributed by atoms with E-state index in [9.17, 15) is 0 Å². The van der Waals surface area contributed by atoms with E-state index in [4.69, 9.17) is 5.73 Å². The van der Waals surface area contributed by atoms with E-state index in [-0.39, 0.29) is 0 Å². The lowest BCUT2D eigenvalue weighted by molar-refractivity contribution is 0.487. The highest BCUT2D eigenvalue weighted by Crippen LogP contribution is 2.27. The van der Waals surface area contributed by atoms with Crippen LogP contribution in [0.15, 0.2) is 0 Å². The highest BCUT2D eigenvalue weighted by atomic mass is 15.4. The number of nitrogens with two attached hydrogens (primary N) is 1. The normalized spacial score (nSPS) is 22.2. The van der Waals surface area contributed by atoms with Crippen molar-refractivity contribution in [1.29, 1.82) is 0 Å². The Morgan fingerprint density at radius 2 is 2.36 bits per heavy atom. The Labute approximate surface area is 83.7 Å². The van der Waals surface area contributed by atoms with Gasteiger partial charge in [0, 0.05) is 12.6 Å². The summed E-state index contributed by atoms with van der Waals surface area (Å²) in [7, 11) is 0. The quantitative estimate of drug-likeness (QED) is 0.739. The summed E-state index contributed by atoms with van der Waals surface area (Å²) in [4.78, 5) is 6.41. The Morgan fingerprint density at radius 3 is 2.93 bits per heavy atom. The second-order valence-corrected chi connectivity index (χ2v) is 4.17. The summed E-state index contributed by atoms with van der Waals surface area (Å²) in [5.41, 5.74) is 5.51. The van der Waals surface area contributed by atoms with Gasteiger partial charge in [-0.2, -0.15) is 4.98 Å². The number of aromatic nitrogens is 3. The van der Waals surface area contributed by atoms with Crippen LogP contribution in [0.5, 0.6) is 0 Å². The number of anilines is 2. The summed E-state index contributed by atoms with van der Waals surface area (Å²) in [5, 5.41) is 6.78. The zero-order chi connectivity index (χ0) is 10.1. The van der Waals surface area contributed by atoms with Crippen molar-refractivity contribution in [2.45, 2.75) is 32.7 Å². The van der Waals surface area contributed by atoms with E-state index < -0.39 is 0 Å². The molecular formula is C9H17N5. The highest BCUT2D eigenvalue weighted by Gasteiger charge is 2.29. The van der Waals surface area contributed by atoms with Crippen LogP contribution < -0.4 is 10.6 Å². The van der Waals surface area contributed by atoms with Crippen LogP contribution in [-0.4, -0.2) is 27.8 Å². The van der Waals surface area contributed by atoms with Gasteiger partial charge in [0.2, 0.25) is 11.9 Å². The lowest BCUT2D eigenvalue weighted by atomic mass is 10.0. The van der Waals surface area contributed by atoms with Crippen molar-refractivity contribution in [3.05, 3.63) is 0 Å². The minimum atomic E-state index is 0.398. The van der Waals surface area contributed by atoms with Gasteiger partial charge in [-0.25, -0.2) is 5.10 Å². The van der Waals surface area contributed by atoms with Gasteiger partial charge in [-0.1, -0.05) is 13.8 Å². The van der Waals surface area contributed by atoms with Crippen LogP contribution >= 0.6 is 0 Å². The number of hydrogen-bond donors (Lipinski definition) is 2. The van der Waals surface area contributed by atoms with Gasteiger partial charge in [-0.15, -0.1) is 5.10 Å². The summed E-state index contributed by atoms with van der Waals surface area (Å²) in [6.07, 6.45) is 2.45. The predicted molar refractivity (Wildman–Crippen MR) is 56.0 cm³/mol. The van der Waals surface area contributed by atoms with Gasteiger partial charge in [0.25, 0.3) is 0 Å². The zero-order valence-electron chi connectivity index (χ0n) is 8.70. The van der Waals surface area contributed by atoms with Gasteiger partial charge in [0.15, 0.2) is 0 Å². The molecule has 78 valence electrons. The van der Waals surface area contributed by atoms with E-state index >= 15 is 0 Å². The topological polar surface area (TPSA) is 70.8 Å². The molecule has 2 rings (SSSR count). The maximum atomic E-state index is 5.51. The van der Waals surface area contributed by atoms with Crippen LogP contribution in [0.2, 0.25) is 0 Å². The summed E-state index contributed by atoms with van der Waals surface area (Å²) in [6, 6.07) is 0.560. The van der Waals surface area contributed by atoms with E-state index in [0.717, 1.165) is 12.5 Å². The largest absolute Gasteiger partial charge is 0.368 e. The molecule has 0 radical (unpaired) electrons. The third-order valence-electron chi connectivity index (χ3n) is 2.82. The molecule has 3 N–H and O–H groups in total. The molecular weight excluding hydrogens is 178 g/mol. The van der Waals surface area contributed by atoms with Crippen LogP contribution in [0.1, 0.15) is 26.7 Å². The van der Waals surface area contributed by atoms with Crippen LogP contribution in [0.3, 0.4) is 0 Å². The maximum Gasteiger partial charge on any atom is 0.246 e. The Hall–Kier alpha value is -1.26. The number of H-pyrrole nitrogens is 1. The second kappa shape index (κ2) is 3.48. The van der Waals surface area contributed by atoms with Crippen molar-refractivity contribution in [2.75, 3.05) is 17.2 Å². The third-order valence-corrected chi connectivity index (χ3v) is 2.82. The highest BCUT2D eigenvalue weighted by molar-refractivity contribution is 5.36. The number of nitrogens with zero attached hydrogens (tertiary/aromatic N) is 3. The molecule has 0 saturated carbocycles. The number of nitrogens with one attached hydrogen (secondary N) is 1. The van der Waals surface area contributed by atoms with Crippen molar-refractivity contribution < 1.29 is 0 Å². The van der Waals surface area contributed by atoms with E-state index in [1.807, 2.05) is 0 Å². The molecule has 1 aromatic rings. The fraction of sp³-hybridized carbons (Fsp3) is 0.778. The van der Waals surface area contributed by atoms with Crippen molar-refractivity contribution in [3.63, 3.8) is 0 Å². The fourth-order valence-corrected chi connectivity index (χ4v) is 2.13. The van der Waals surface area contributed by atoms with Gasteiger partial charge in [-0.05, 0) is 18.8 Å². The molecule has 14 heavy (non-hydrogen) atoms. The smallest absolute Gasteiger partial charge is 0.246 e. The third kappa shape index (κ3) is 1.54. The van der Waals surface area contributed by atoms with Gasteiger partial charge in [0.1, 0.15) is 0 Å². The second-order valence-electron chi connectivity index (χ2n) is 4.17. The first kappa shape index (κ1) is 9.30. The van der Waals surface area contributed by atoms with E-state index in [1.54, 1.807) is 0 Å². The summed E-state index contributed by atoms with van der Waals surface area (Å²) in [6.45, 7) is 5.51. The van der Waals surface area contributed by atoms with Crippen LogP contribution in [0.4, 0.5) is 11.9 Å². The Bertz CT molecular complexity index is 306. The van der Waals surface area contributed by atoms with E-state index in [2.05, 4.69) is 33.9 Å². The molecule has 1 aromatic heterocycles. The van der Waals surface area contributed by atoms with Crippen molar-refractivity contribution >= 4 is 11.9 Å². The molecule has 0 bridgehead atoms. The Kier molecular flexibility index (Phi) is 2.31. The molecule has 1 saturated heterocycles. The average Bonchev–Trinajstić information content (AvgIpc) is 2.70. The van der Waals surface area contributed by atoms with E-state index in [0.29, 0.717) is 17.9 Å². The first-order valence-corrected chi connectivity index (χ1v) is 5.13. The monoisotopic (exact) mass is 195 g/mol. The number of rotatable bonds is 2.